The predicted molar refractivity (Wildman–Crippen MR) is 79.8 cm³/mol. The van der Waals surface area contributed by atoms with E-state index < -0.39 is 16.0 Å². The van der Waals surface area contributed by atoms with Gasteiger partial charge in [-0.2, -0.15) is 0 Å². The lowest BCUT2D eigenvalue weighted by Crippen LogP contribution is -2.27. The van der Waals surface area contributed by atoms with Gasteiger partial charge in [-0.15, -0.1) is 11.3 Å². The largest absolute Gasteiger partial charge is 0.477 e. The number of hydrogen-bond donors (Lipinski definition) is 2. The molecule has 0 radical (unpaired) electrons. The molecule has 1 rings (SSSR count). The van der Waals surface area contributed by atoms with E-state index >= 15 is 0 Å². The van der Waals surface area contributed by atoms with Crippen molar-refractivity contribution in [2.75, 3.05) is 19.8 Å². The number of rotatable bonds is 8. The third kappa shape index (κ3) is 5.13. The fourth-order valence-corrected chi connectivity index (χ4v) is 4.70. The van der Waals surface area contributed by atoms with Crippen molar-refractivity contribution in [3.8, 4) is 0 Å². The average Bonchev–Trinajstić information content (AvgIpc) is 2.71. The van der Waals surface area contributed by atoms with E-state index in [1.165, 1.54) is 0 Å². The Balaban J connectivity index is 2.63. The summed E-state index contributed by atoms with van der Waals surface area (Å²) in [6.07, 6.45) is 0. The van der Waals surface area contributed by atoms with Crippen molar-refractivity contribution in [3.63, 3.8) is 0 Å². The summed E-state index contributed by atoms with van der Waals surface area (Å²) in [6.45, 7) is 4.97. The molecule has 1 aromatic rings. The van der Waals surface area contributed by atoms with Gasteiger partial charge >= 0.3 is 5.97 Å². The minimum Gasteiger partial charge on any atom is -0.477 e. The van der Waals surface area contributed by atoms with Gasteiger partial charge in [-0.25, -0.2) is 17.9 Å². The van der Waals surface area contributed by atoms with Gasteiger partial charge in [0, 0.05) is 13.2 Å². The minimum atomic E-state index is -3.73. The quantitative estimate of drug-likeness (QED) is 0.668. The minimum absolute atomic E-state index is 0.0340. The SMILES string of the molecule is CC(C)COCCNS(=O)(=O)c1cc(C(=O)O)sc1Br. The Morgan fingerprint density at radius 2 is 2.20 bits per heavy atom. The van der Waals surface area contributed by atoms with Gasteiger partial charge in [-0.05, 0) is 27.9 Å². The summed E-state index contributed by atoms with van der Waals surface area (Å²) >= 11 is 3.93. The summed E-state index contributed by atoms with van der Waals surface area (Å²) in [4.78, 5) is 10.7. The second-order valence-electron chi connectivity index (χ2n) is 4.42. The molecule has 0 aliphatic rings. The highest BCUT2D eigenvalue weighted by Gasteiger charge is 2.22. The lowest BCUT2D eigenvalue weighted by Gasteiger charge is -2.08. The molecule has 0 unspecified atom stereocenters. The topological polar surface area (TPSA) is 92.7 Å². The zero-order valence-electron chi connectivity index (χ0n) is 11.1. The Bertz CT molecular complexity index is 567. The molecule has 0 saturated heterocycles. The normalized spacial score (nSPS) is 12.0. The van der Waals surface area contributed by atoms with Crippen molar-refractivity contribution in [2.45, 2.75) is 18.7 Å². The third-order valence-corrected chi connectivity index (χ3v) is 5.85. The van der Waals surface area contributed by atoms with Gasteiger partial charge in [0.25, 0.3) is 0 Å². The monoisotopic (exact) mass is 385 g/mol. The summed E-state index contributed by atoms with van der Waals surface area (Å²) in [5.74, 6) is -0.770. The Morgan fingerprint density at radius 3 is 2.70 bits per heavy atom. The summed E-state index contributed by atoms with van der Waals surface area (Å²) in [7, 11) is -3.73. The zero-order valence-corrected chi connectivity index (χ0v) is 14.3. The summed E-state index contributed by atoms with van der Waals surface area (Å²) in [5, 5.41) is 8.84. The van der Waals surface area contributed by atoms with Crippen LogP contribution < -0.4 is 4.72 Å². The van der Waals surface area contributed by atoms with Crippen LogP contribution in [0.2, 0.25) is 0 Å². The average molecular weight is 386 g/mol. The fourth-order valence-electron chi connectivity index (χ4n) is 1.29. The lowest BCUT2D eigenvalue weighted by atomic mass is 10.2. The first-order chi connectivity index (χ1) is 9.24. The Labute approximate surface area is 130 Å². The standard InChI is InChI=1S/C11H16BrNO5S2/c1-7(2)6-18-4-3-13-20(16,17)9-5-8(11(14)15)19-10(9)12/h5,7,13H,3-4,6H2,1-2H3,(H,14,15). The van der Waals surface area contributed by atoms with Crippen LogP contribution in [0.15, 0.2) is 14.7 Å². The van der Waals surface area contributed by atoms with Crippen molar-refractivity contribution in [2.24, 2.45) is 5.92 Å². The Hall–Kier alpha value is -0.480. The van der Waals surface area contributed by atoms with Crippen LogP contribution in [0.1, 0.15) is 23.5 Å². The molecule has 0 bridgehead atoms. The fraction of sp³-hybridized carbons (Fsp3) is 0.545. The van der Waals surface area contributed by atoms with E-state index in [-0.39, 0.29) is 26.7 Å². The highest BCUT2D eigenvalue weighted by Crippen LogP contribution is 2.31. The third-order valence-electron chi connectivity index (χ3n) is 2.15. The van der Waals surface area contributed by atoms with Gasteiger partial charge in [-0.1, -0.05) is 13.8 Å². The van der Waals surface area contributed by atoms with E-state index in [1.54, 1.807) is 0 Å². The molecule has 1 aromatic heterocycles. The number of nitrogens with one attached hydrogen (secondary N) is 1. The van der Waals surface area contributed by atoms with E-state index in [2.05, 4.69) is 20.7 Å². The van der Waals surface area contributed by atoms with Crippen molar-refractivity contribution in [1.82, 2.24) is 4.72 Å². The predicted octanol–water partition coefficient (Wildman–Crippen LogP) is 2.16. The molecular formula is C11H16BrNO5S2. The Kier molecular flexibility index (Phi) is 6.59. The van der Waals surface area contributed by atoms with E-state index in [4.69, 9.17) is 9.84 Å². The molecule has 0 fully saturated rings. The number of thiophene rings is 1. The van der Waals surface area contributed by atoms with Crippen molar-refractivity contribution >= 4 is 43.3 Å². The first-order valence-electron chi connectivity index (χ1n) is 5.84. The van der Waals surface area contributed by atoms with Crippen LogP contribution in [0.4, 0.5) is 0 Å². The van der Waals surface area contributed by atoms with Crippen molar-refractivity contribution in [1.29, 1.82) is 0 Å². The van der Waals surface area contributed by atoms with Gasteiger partial charge in [0.05, 0.1) is 10.4 Å². The van der Waals surface area contributed by atoms with E-state index in [9.17, 15) is 13.2 Å². The maximum atomic E-state index is 12.0. The summed E-state index contributed by atoms with van der Waals surface area (Å²) in [6, 6.07) is 1.13. The Morgan fingerprint density at radius 1 is 1.55 bits per heavy atom. The van der Waals surface area contributed by atoms with Gasteiger partial charge in [-0.3, -0.25) is 0 Å². The molecule has 114 valence electrons. The molecule has 0 atom stereocenters. The number of carboxylic acid groups (broad SMARTS) is 1. The van der Waals surface area contributed by atoms with E-state index in [0.717, 1.165) is 17.4 Å². The molecular weight excluding hydrogens is 370 g/mol. The van der Waals surface area contributed by atoms with E-state index in [1.807, 2.05) is 13.8 Å². The molecule has 0 spiro atoms. The van der Waals surface area contributed by atoms with Gasteiger partial charge in [0.2, 0.25) is 10.0 Å². The number of carboxylic acids is 1. The van der Waals surface area contributed by atoms with Crippen LogP contribution in [0, 0.1) is 5.92 Å². The maximum Gasteiger partial charge on any atom is 0.345 e. The zero-order chi connectivity index (χ0) is 15.3. The molecule has 0 aliphatic carbocycles. The van der Waals surface area contributed by atoms with Crippen LogP contribution in [-0.4, -0.2) is 39.3 Å². The first-order valence-corrected chi connectivity index (χ1v) is 8.93. The van der Waals surface area contributed by atoms with Crippen LogP contribution >= 0.6 is 27.3 Å². The second kappa shape index (κ2) is 7.51. The number of carbonyl (C=O) groups is 1. The van der Waals surface area contributed by atoms with Crippen LogP contribution in [0.5, 0.6) is 0 Å². The van der Waals surface area contributed by atoms with Crippen molar-refractivity contribution in [3.05, 3.63) is 14.7 Å². The molecule has 20 heavy (non-hydrogen) atoms. The van der Waals surface area contributed by atoms with Crippen LogP contribution in [-0.2, 0) is 14.8 Å². The molecule has 0 saturated carbocycles. The van der Waals surface area contributed by atoms with Gasteiger partial charge in [0.15, 0.2) is 0 Å². The number of ether oxygens (including phenoxy) is 1. The second-order valence-corrected chi connectivity index (χ2v) is 8.53. The number of aromatic carboxylic acids is 1. The smallest absolute Gasteiger partial charge is 0.345 e. The summed E-state index contributed by atoms with van der Waals surface area (Å²) < 4.78 is 31.9. The lowest BCUT2D eigenvalue weighted by molar-refractivity contribution is 0.0702. The number of sulfonamides is 1. The number of hydrogen-bond acceptors (Lipinski definition) is 5. The maximum absolute atomic E-state index is 12.0. The first kappa shape index (κ1) is 17.6. The van der Waals surface area contributed by atoms with Crippen molar-refractivity contribution < 1.29 is 23.1 Å². The molecule has 0 aromatic carbocycles. The van der Waals surface area contributed by atoms with Gasteiger partial charge in [0.1, 0.15) is 9.77 Å². The molecule has 1 heterocycles. The molecule has 2 N–H and O–H groups in total. The van der Waals surface area contributed by atoms with E-state index in [0.29, 0.717) is 12.5 Å². The molecule has 0 aliphatic heterocycles. The molecule has 0 amide bonds. The van der Waals surface area contributed by atoms with Crippen LogP contribution in [0.3, 0.4) is 0 Å². The highest BCUT2D eigenvalue weighted by atomic mass is 79.9. The summed E-state index contributed by atoms with van der Waals surface area (Å²) in [5.41, 5.74) is 0. The molecule has 9 heteroatoms. The highest BCUT2D eigenvalue weighted by molar-refractivity contribution is 9.11. The van der Waals surface area contributed by atoms with Crippen LogP contribution in [0.25, 0.3) is 0 Å². The number of halogens is 1. The van der Waals surface area contributed by atoms with Gasteiger partial charge < -0.3 is 9.84 Å². The molecule has 6 nitrogen and oxygen atoms in total.